The minimum atomic E-state index is 0.0381. The zero-order valence-electron chi connectivity index (χ0n) is 7.62. The van der Waals surface area contributed by atoms with Crippen molar-refractivity contribution in [1.82, 2.24) is 5.06 Å². The molecule has 0 bridgehead atoms. The van der Waals surface area contributed by atoms with E-state index in [-0.39, 0.29) is 6.04 Å². The molecule has 0 aromatic carbocycles. The van der Waals surface area contributed by atoms with Gasteiger partial charge in [0, 0.05) is 0 Å². The highest BCUT2D eigenvalue weighted by Crippen LogP contribution is 2.16. The van der Waals surface area contributed by atoms with Crippen molar-refractivity contribution < 1.29 is 4.84 Å². The average Bonchev–Trinajstić information content (AvgIpc) is 2.83. The van der Waals surface area contributed by atoms with Crippen LogP contribution in [-0.4, -0.2) is 24.3 Å². The summed E-state index contributed by atoms with van der Waals surface area (Å²) >= 11 is 0. The van der Waals surface area contributed by atoms with Crippen LogP contribution in [0.2, 0.25) is 0 Å². The molecule has 1 heterocycles. The normalized spacial score (nSPS) is 26.7. The first kappa shape index (κ1) is 9.50. The van der Waals surface area contributed by atoms with Gasteiger partial charge in [-0.05, 0) is 6.42 Å². The van der Waals surface area contributed by atoms with Crippen LogP contribution in [0.15, 0.2) is 0 Å². The Balaban J connectivity index is 1.82. The van der Waals surface area contributed by atoms with Crippen LogP contribution < -0.4 is 0 Å². The fourth-order valence-electron chi connectivity index (χ4n) is 1.08. The van der Waals surface area contributed by atoms with Gasteiger partial charge < -0.3 is 0 Å². The van der Waals surface area contributed by atoms with Crippen molar-refractivity contribution >= 4 is 0 Å². The van der Waals surface area contributed by atoms with E-state index in [0.29, 0.717) is 0 Å². The first-order valence-electron chi connectivity index (χ1n) is 4.67. The lowest BCUT2D eigenvalue weighted by atomic mass is 10.2. The van der Waals surface area contributed by atoms with Crippen molar-refractivity contribution in [2.75, 3.05) is 13.2 Å². The lowest BCUT2D eigenvalue weighted by Gasteiger charge is -2.01. The average molecular weight is 168 g/mol. The van der Waals surface area contributed by atoms with Crippen LogP contribution in [0.4, 0.5) is 0 Å². The summed E-state index contributed by atoms with van der Waals surface area (Å²) in [6.07, 6.45) is 4.89. The van der Waals surface area contributed by atoms with Crippen LogP contribution in [0.1, 0.15) is 32.6 Å². The largest absolute Gasteiger partial charge is 0.298 e. The van der Waals surface area contributed by atoms with E-state index in [4.69, 9.17) is 10.1 Å². The first-order chi connectivity index (χ1) is 5.88. The molecule has 1 fully saturated rings. The van der Waals surface area contributed by atoms with Crippen LogP contribution in [-0.2, 0) is 4.84 Å². The van der Waals surface area contributed by atoms with Gasteiger partial charge in [-0.25, -0.2) is 0 Å². The summed E-state index contributed by atoms with van der Waals surface area (Å²) in [5.41, 5.74) is 0. The zero-order valence-corrected chi connectivity index (χ0v) is 7.62. The number of nitriles is 1. The summed E-state index contributed by atoms with van der Waals surface area (Å²) in [4.78, 5) is 5.31. The van der Waals surface area contributed by atoms with Gasteiger partial charge in [-0.3, -0.25) is 4.84 Å². The topological polar surface area (TPSA) is 36.0 Å². The quantitative estimate of drug-likeness (QED) is 0.447. The molecule has 2 unspecified atom stereocenters. The van der Waals surface area contributed by atoms with Crippen LogP contribution >= 0.6 is 0 Å². The van der Waals surface area contributed by atoms with E-state index < -0.39 is 0 Å². The van der Waals surface area contributed by atoms with Crippen LogP contribution in [0.25, 0.3) is 0 Å². The second-order valence-corrected chi connectivity index (χ2v) is 3.14. The van der Waals surface area contributed by atoms with Crippen LogP contribution in [0.3, 0.4) is 0 Å². The predicted molar refractivity (Wildman–Crippen MR) is 46.2 cm³/mol. The second-order valence-electron chi connectivity index (χ2n) is 3.14. The van der Waals surface area contributed by atoms with E-state index in [0.717, 1.165) is 19.6 Å². The smallest absolute Gasteiger partial charge is 0.137 e. The molecule has 0 aromatic rings. The highest BCUT2D eigenvalue weighted by Gasteiger charge is 2.35. The fraction of sp³-hybridized carbons (Fsp3) is 0.889. The zero-order chi connectivity index (χ0) is 8.81. The third kappa shape index (κ3) is 3.21. The number of nitrogens with zero attached hydrogens (tertiary/aromatic N) is 2. The van der Waals surface area contributed by atoms with E-state index in [2.05, 4.69) is 13.0 Å². The molecule has 68 valence electrons. The predicted octanol–water partition coefficient (Wildman–Crippen LogP) is 1.71. The highest BCUT2D eigenvalue weighted by atomic mass is 16.7. The summed E-state index contributed by atoms with van der Waals surface area (Å²) in [6, 6.07) is 2.18. The molecule has 1 aliphatic heterocycles. The van der Waals surface area contributed by atoms with E-state index in [1.165, 1.54) is 19.3 Å². The maximum absolute atomic E-state index is 8.45. The Labute approximate surface area is 73.9 Å². The number of hydroxylamine groups is 2. The summed E-state index contributed by atoms with van der Waals surface area (Å²) in [6.45, 7) is 3.76. The molecular weight excluding hydrogens is 152 g/mol. The van der Waals surface area contributed by atoms with E-state index in [9.17, 15) is 0 Å². The van der Waals surface area contributed by atoms with Gasteiger partial charge in [0.15, 0.2) is 0 Å². The number of hydrogen-bond donors (Lipinski definition) is 0. The molecule has 0 aliphatic carbocycles. The molecule has 0 spiro atoms. The van der Waals surface area contributed by atoms with Gasteiger partial charge in [-0.15, -0.1) is 0 Å². The van der Waals surface area contributed by atoms with Crippen molar-refractivity contribution in [1.29, 1.82) is 5.26 Å². The molecule has 0 radical (unpaired) electrons. The SMILES string of the molecule is CCCCCCON1CC1C#N. The van der Waals surface area contributed by atoms with Gasteiger partial charge in [0.1, 0.15) is 6.04 Å². The molecule has 1 saturated heterocycles. The molecular formula is C9H16N2O. The van der Waals surface area contributed by atoms with Crippen molar-refractivity contribution in [3.8, 4) is 6.07 Å². The first-order valence-corrected chi connectivity index (χ1v) is 4.67. The van der Waals surface area contributed by atoms with Crippen molar-refractivity contribution in [2.45, 2.75) is 38.6 Å². The van der Waals surface area contributed by atoms with E-state index in [1.807, 2.05) is 0 Å². The summed E-state index contributed by atoms with van der Waals surface area (Å²) in [7, 11) is 0. The van der Waals surface area contributed by atoms with Gasteiger partial charge >= 0.3 is 0 Å². The Morgan fingerprint density at radius 2 is 2.33 bits per heavy atom. The number of rotatable bonds is 6. The minimum Gasteiger partial charge on any atom is -0.298 e. The lowest BCUT2D eigenvalue weighted by Crippen LogP contribution is -2.03. The monoisotopic (exact) mass is 168 g/mol. The summed E-state index contributed by atoms with van der Waals surface area (Å²) in [5.74, 6) is 0. The Hall–Kier alpha value is -0.590. The Kier molecular flexibility index (Phi) is 4.06. The number of hydrogen-bond acceptors (Lipinski definition) is 3. The maximum Gasteiger partial charge on any atom is 0.137 e. The van der Waals surface area contributed by atoms with Crippen molar-refractivity contribution in [3.05, 3.63) is 0 Å². The van der Waals surface area contributed by atoms with E-state index >= 15 is 0 Å². The summed E-state index contributed by atoms with van der Waals surface area (Å²) < 4.78 is 0. The van der Waals surface area contributed by atoms with Gasteiger partial charge in [-0.1, -0.05) is 26.2 Å². The third-order valence-corrected chi connectivity index (χ3v) is 1.97. The molecule has 3 nitrogen and oxygen atoms in total. The third-order valence-electron chi connectivity index (χ3n) is 1.97. The molecule has 0 amide bonds. The van der Waals surface area contributed by atoms with Gasteiger partial charge in [0.25, 0.3) is 0 Å². The van der Waals surface area contributed by atoms with Crippen molar-refractivity contribution in [3.63, 3.8) is 0 Å². The van der Waals surface area contributed by atoms with Gasteiger partial charge in [-0.2, -0.15) is 10.3 Å². The Bertz CT molecular complexity index is 164. The molecule has 0 saturated carbocycles. The lowest BCUT2D eigenvalue weighted by molar-refractivity contribution is -0.0718. The molecule has 2 atom stereocenters. The summed E-state index contributed by atoms with van der Waals surface area (Å²) in [5, 5.41) is 10.2. The van der Waals surface area contributed by atoms with Crippen LogP contribution in [0.5, 0.6) is 0 Å². The van der Waals surface area contributed by atoms with Crippen molar-refractivity contribution in [2.24, 2.45) is 0 Å². The minimum absolute atomic E-state index is 0.0381. The Morgan fingerprint density at radius 3 is 2.92 bits per heavy atom. The van der Waals surface area contributed by atoms with Crippen LogP contribution in [0, 0.1) is 11.3 Å². The molecule has 3 heteroatoms. The molecule has 0 aromatic heterocycles. The standard InChI is InChI=1S/C9H16N2O/c1-2-3-4-5-6-12-11-8-9(11)7-10/h9H,2-6,8H2,1H3. The Morgan fingerprint density at radius 1 is 1.50 bits per heavy atom. The fourth-order valence-corrected chi connectivity index (χ4v) is 1.08. The molecule has 1 rings (SSSR count). The molecule has 0 N–H and O–H groups in total. The van der Waals surface area contributed by atoms with Gasteiger partial charge in [0.05, 0.1) is 19.2 Å². The highest BCUT2D eigenvalue weighted by molar-refractivity contribution is 5.01. The molecule has 1 aliphatic rings. The number of unbranched alkanes of at least 4 members (excludes halogenated alkanes) is 3. The second kappa shape index (κ2) is 5.13. The van der Waals surface area contributed by atoms with E-state index in [1.54, 1.807) is 5.06 Å². The molecule has 12 heavy (non-hydrogen) atoms. The van der Waals surface area contributed by atoms with Gasteiger partial charge in [0.2, 0.25) is 0 Å². The maximum atomic E-state index is 8.45.